The van der Waals surface area contributed by atoms with E-state index in [0.717, 1.165) is 14.7 Å². The Morgan fingerprint density at radius 2 is 1.67 bits per heavy atom. The first-order valence-corrected chi connectivity index (χ1v) is 6.41. The molecular weight excluding hydrogens is 346 g/mol. The van der Waals surface area contributed by atoms with Gasteiger partial charge in [0.15, 0.2) is 11.5 Å². The molecule has 18 heavy (non-hydrogen) atoms. The van der Waals surface area contributed by atoms with Crippen molar-refractivity contribution in [3.8, 4) is 22.6 Å². The standard InChI is InChI=1S/C14H12FIO2/c1-17-13-6-3-9(7-14(13)18-2)11-8-10(15)4-5-12(11)16/h3-8H,1-2H3. The van der Waals surface area contributed by atoms with E-state index in [1.807, 2.05) is 18.2 Å². The van der Waals surface area contributed by atoms with E-state index in [1.165, 1.54) is 12.1 Å². The van der Waals surface area contributed by atoms with Gasteiger partial charge in [0.2, 0.25) is 0 Å². The third-order valence-corrected chi connectivity index (χ3v) is 3.56. The average molecular weight is 358 g/mol. The van der Waals surface area contributed by atoms with Crippen molar-refractivity contribution in [2.75, 3.05) is 14.2 Å². The van der Waals surface area contributed by atoms with E-state index in [-0.39, 0.29) is 5.82 Å². The highest BCUT2D eigenvalue weighted by Gasteiger charge is 2.09. The van der Waals surface area contributed by atoms with E-state index in [0.29, 0.717) is 11.5 Å². The first-order valence-electron chi connectivity index (χ1n) is 5.33. The number of ether oxygens (including phenoxy) is 2. The molecule has 0 radical (unpaired) electrons. The molecule has 0 aliphatic rings. The van der Waals surface area contributed by atoms with Crippen LogP contribution in [0.25, 0.3) is 11.1 Å². The molecule has 2 aromatic rings. The van der Waals surface area contributed by atoms with Crippen molar-refractivity contribution in [1.29, 1.82) is 0 Å². The number of halogens is 2. The van der Waals surface area contributed by atoms with Crippen LogP contribution in [-0.2, 0) is 0 Å². The van der Waals surface area contributed by atoms with Gasteiger partial charge in [-0.15, -0.1) is 0 Å². The molecule has 2 aromatic carbocycles. The lowest BCUT2D eigenvalue weighted by molar-refractivity contribution is 0.355. The Kier molecular flexibility index (Phi) is 4.06. The second-order valence-corrected chi connectivity index (χ2v) is 4.86. The third kappa shape index (κ3) is 2.58. The van der Waals surface area contributed by atoms with Crippen LogP contribution in [0, 0.1) is 9.39 Å². The molecule has 0 aliphatic carbocycles. The van der Waals surface area contributed by atoms with Crippen LogP contribution in [-0.4, -0.2) is 14.2 Å². The molecule has 4 heteroatoms. The fourth-order valence-corrected chi connectivity index (χ4v) is 2.37. The highest BCUT2D eigenvalue weighted by atomic mass is 127. The summed E-state index contributed by atoms with van der Waals surface area (Å²) >= 11 is 2.18. The molecule has 0 fully saturated rings. The quantitative estimate of drug-likeness (QED) is 0.769. The van der Waals surface area contributed by atoms with E-state index in [1.54, 1.807) is 20.3 Å². The van der Waals surface area contributed by atoms with Crippen LogP contribution in [0.3, 0.4) is 0 Å². The van der Waals surface area contributed by atoms with Gasteiger partial charge >= 0.3 is 0 Å². The van der Waals surface area contributed by atoms with E-state index in [4.69, 9.17) is 9.47 Å². The highest BCUT2D eigenvalue weighted by Crippen LogP contribution is 2.34. The maximum atomic E-state index is 13.3. The zero-order valence-corrected chi connectivity index (χ0v) is 12.2. The van der Waals surface area contributed by atoms with E-state index < -0.39 is 0 Å². The molecule has 0 aromatic heterocycles. The second kappa shape index (κ2) is 5.56. The van der Waals surface area contributed by atoms with Crippen molar-refractivity contribution >= 4 is 22.6 Å². The van der Waals surface area contributed by atoms with E-state index in [9.17, 15) is 4.39 Å². The number of hydrogen-bond donors (Lipinski definition) is 0. The Hall–Kier alpha value is -1.30. The lowest BCUT2D eigenvalue weighted by Gasteiger charge is -2.10. The number of benzene rings is 2. The van der Waals surface area contributed by atoms with Gasteiger partial charge in [-0.2, -0.15) is 0 Å². The largest absolute Gasteiger partial charge is 0.493 e. The minimum Gasteiger partial charge on any atom is -0.493 e. The smallest absolute Gasteiger partial charge is 0.161 e. The first kappa shape index (κ1) is 13.1. The van der Waals surface area contributed by atoms with Crippen LogP contribution in [0.5, 0.6) is 11.5 Å². The zero-order valence-electron chi connectivity index (χ0n) is 10.0. The summed E-state index contributed by atoms with van der Waals surface area (Å²) in [6.45, 7) is 0. The first-order chi connectivity index (χ1) is 8.65. The van der Waals surface area contributed by atoms with E-state index >= 15 is 0 Å². The molecular formula is C14H12FIO2. The van der Waals surface area contributed by atoms with Crippen LogP contribution in [0.4, 0.5) is 4.39 Å². The Balaban J connectivity index is 2.54. The van der Waals surface area contributed by atoms with Crippen molar-refractivity contribution < 1.29 is 13.9 Å². The van der Waals surface area contributed by atoms with Gasteiger partial charge in [0, 0.05) is 3.57 Å². The fourth-order valence-electron chi connectivity index (χ4n) is 1.72. The van der Waals surface area contributed by atoms with Crippen molar-refractivity contribution in [2.24, 2.45) is 0 Å². The molecule has 0 heterocycles. The minimum atomic E-state index is -0.250. The number of hydrogen-bond acceptors (Lipinski definition) is 2. The Bertz CT molecular complexity index is 570. The molecule has 0 saturated heterocycles. The van der Waals surface area contributed by atoms with Crippen LogP contribution in [0.1, 0.15) is 0 Å². The maximum Gasteiger partial charge on any atom is 0.161 e. The van der Waals surface area contributed by atoms with Gasteiger partial charge in [-0.25, -0.2) is 4.39 Å². The SMILES string of the molecule is COc1ccc(-c2cc(F)ccc2I)cc1OC. The molecule has 94 valence electrons. The number of methoxy groups -OCH3 is 2. The summed E-state index contributed by atoms with van der Waals surface area (Å²) in [6, 6.07) is 10.3. The molecule has 0 spiro atoms. The normalized spacial score (nSPS) is 10.2. The third-order valence-electron chi connectivity index (χ3n) is 2.62. The summed E-state index contributed by atoms with van der Waals surface area (Å²) in [6.07, 6.45) is 0. The molecule has 2 nitrogen and oxygen atoms in total. The van der Waals surface area contributed by atoms with Gasteiger partial charge in [0.05, 0.1) is 14.2 Å². The van der Waals surface area contributed by atoms with Crippen LogP contribution in [0.2, 0.25) is 0 Å². The molecule has 0 unspecified atom stereocenters. The molecule has 2 rings (SSSR count). The molecule has 0 aliphatic heterocycles. The Labute approximate surface area is 119 Å². The summed E-state index contributed by atoms with van der Waals surface area (Å²) in [7, 11) is 3.17. The predicted molar refractivity (Wildman–Crippen MR) is 77.7 cm³/mol. The molecule has 0 N–H and O–H groups in total. The van der Waals surface area contributed by atoms with Crippen molar-refractivity contribution in [3.05, 3.63) is 45.8 Å². The molecule has 0 saturated carbocycles. The monoisotopic (exact) mass is 358 g/mol. The van der Waals surface area contributed by atoms with Crippen LogP contribution in [0.15, 0.2) is 36.4 Å². The van der Waals surface area contributed by atoms with Crippen molar-refractivity contribution in [3.63, 3.8) is 0 Å². The Morgan fingerprint density at radius 1 is 0.944 bits per heavy atom. The van der Waals surface area contributed by atoms with Gasteiger partial charge in [-0.3, -0.25) is 0 Å². The fraction of sp³-hybridized carbons (Fsp3) is 0.143. The second-order valence-electron chi connectivity index (χ2n) is 3.69. The van der Waals surface area contributed by atoms with Gasteiger partial charge in [-0.05, 0) is 64.0 Å². The maximum absolute atomic E-state index is 13.3. The highest BCUT2D eigenvalue weighted by molar-refractivity contribution is 14.1. The van der Waals surface area contributed by atoms with Crippen molar-refractivity contribution in [1.82, 2.24) is 0 Å². The molecule has 0 bridgehead atoms. The lowest BCUT2D eigenvalue weighted by Crippen LogP contribution is -1.92. The summed E-state index contributed by atoms with van der Waals surface area (Å²) < 4.78 is 24.7. The predicted octanol–water partition coefficient (Wildman–Crippen LogP) is 4.11. The summed E-state index contributed by atoms with van der Waals surface area (Å²) in [5.74, 6) is 1.04. The molecule has 0 amide bonds. The number of rotatable bonds is 3. The summed E-state index contributed by atoms with van der Waals surface area (Å²) in [5.41, 5.74) is 1.74. The molecule has 0 atom stereocenters. The van der Waals surface area contributed by atoms with E-state index in [2.05, 4.69) is 22.6 Å². The summed E-state index contributed by atoms with van der Waals surface area (Å²) in [4.78, 5) is 0. The van der Waals surface area contributed by atoms with Crippen molar-refractivity contribution in [2.45, 2.75) is 0 Å². The summed E-state index contributed by atoms with van der Waals surface area (Å²) in [5, 5.41) is 0. The lowest BCUT2D eigenvalue weighted by atomic mass is 10.1. The van der Waals surface area contributed by atoms with Crippen LogP contribution < -0.4 is 9.47 Å². The van der Waals surface area contributed by atoms with Gasteiger partial charge in [-0.1, -0.05) is 6.07 Å². The van der Waals surface area contributed by atoms with Gasteiger partial charge in [0.1, 0.15) is 5.82 Å². The minimum absolute atomic E-state index is 0.250. The van der Waals surface area contributed by atoms with Gasteiger partial charge in [0.25, 0.3) is 0 Å². The van der Waals surface area contributed by atoms with Crippen LogP contribution >= 0.6 is 22.6 Å². The van der Waals surface area contributed by atoms with Gasteiger partial charge < -0.3 is 9.47 Å². The zero-order chi connectivity index (χ0) is 13.1. The topological polar surface area (TPSA) is 18.5 Å². The average Bonchev–Trinajstić information content (AvgIpc) is 2.40. The Morgan fingerprint density at radius 3 is 2.33 bits per heavy atom.